The second-order valence-corrected chi connectivity index (χ2v) is 6.58. The van der Waals surface area contributed by atoms with E-state index in [-0.39, 0.29) is 17.9 Å². The van der Waals surface area contributed by atoms with Gasteiger partial charge in [0.25, 0.3) is 0 Å². The first-order chi connectivity index (χ1) is 11.6. The van der Waals surface area contributed by atoms with E-state index < -0.39 is 6.03 Å². The molecule has 3 aliphatic rings. The number of hydrogen-bond acceptors (Lipinski definition) is 3. The average Bonchev–Trinajstić information content (AvgIpc) is 3.34. The molecule has 1 saturated carbocycles. The molecule has 2 aliphatic heterocycles. The summed E-state index contributed by atoms with van der Waals surface area (Å²) in [6, 6.07) is 4.96. The van der Waals surface area contributed by atoms with Gasteiger partial charge >= 0.3 is 12.1 Å². The number of imide groups is 1. The molecule has 1 saturated heterocycles. The van der Waals surface area contributed by atoms with Crippen molar-refractivity contribution < 1.29 is 14.4 Å². The minimum atomic E-state index is -0.424. The highest BCUT2D eigenvalue weighted by atomic mass is 16.2. The number of carbonyl (C=O) groups excluding carboxylic acids is 3. The number of amides is 5. The number of urea groups is 2. The van der Waals surface area contributed by atoms with Crippen molar-refractivity contribution in [3.05, 3.63) is 29.3 Å². The van der Waals surface area contributed by atoms with Crippen molar-refractivity contribution in [2.75, 3.05) is 25.0 Å². The van der Waals surface area contributed by atoms with E-state index in [0.29, 0.717) is 25.3 Å². The standard InChI is InChI=1S/C17H20N4O3/c22-15(12-1-2-12)20-7-5-11-3-4-14(9-13(11)10-20)19-17(24)21-8-6-18-16(21)23/h3-4,9,12H,1-2,5-8,10H2,(H,18,23)(H,19,24). The van der Waals surface area contributed by atoms with Crippen LogP contribution in [0.1, 0.15) is 24.0 Å². The van der Waals surface area contributed by atoms with Gasteiger partial charge in [0.05, 0.1) is 0 Å². The van der Waals surface area contributed by atoms with E-state index >= 15 is 0 Å². The molecule has 7 nitrogen and oxygen atoms in total. The lowest BCUT2D eigenvalue weighted by atomic mass is 9.98. The summed E-state index contributed by atoms with van der Waals surface area (Å²) in [6.45, 7) is 2.22. The molecule has 1 aromatic carbocycles. The molecule has 0 bridgehead atoms. The van der Waals surface area contributed by atoms with Crippen LogP contribution in [0.2, 0.25) is 0 Å². The maximum atomic E-state index is 12.2. The lowest BCUT2D eigenvalue weighted by Gasteiger charge is -2.29. The van der Waals surface area contributed by atoms with Crippen molar-refractivity contribution in [2.24, 2.45) is 5.92 Å². The van der Waals surface area contributed by atoms with E-state index in [4.69, 9.17) is 0 Å². The van der Waals surface area contributed by atoms with Crippen molar-refractivity contribution in [1.29, 1.82) is 0 Å². The number of rotatable bonds is 2. The van der Waals surface area contributed by atoms with Crippen molar-refractivity contribution in [1.82, 2.24) is 15.1 Å². The maximum absolute atomic E-state index is 12.2. The molecular weight excluding hydrogens is 308 g/mol. The first-order valence-electron chi connectivity index (χ1n) is 8.39. The van der Waals surface area contributed by atoms with Crippen LogP contribution in [-0.4, -0.2) is 47.4 Å². The van der Waals surface area contributed by atoms with E-state index in [1.807, 2.05) is 23.1 Å². The van der Waals surface area contributed by atoms with Gasteiger partial charge in [-0.15, -0.1) is 0 Å². The van der Waals surface area contributed by atoms with Crippen LogP contribution < -0.4 is 10.6 Å². The fourth-order valence-electron chi connectivity index (χ4n) is 3.27. The van der Waals surface area contributed by atoms with Crippen molar-refractivity contribution in [3.8, 4) is 0 Å². The number of fused-ring (bicyclic) bond motifs is 1. The van der Waals surface area contributed by atoms with Gasteiger partial charge in [-0.3, -0.25) is 4.79 Å². The summed E-state index contributed by atoms with van der Waals surface area (Å²) < 4.78 is 0. The summed E-state index contributed by atoms with van der Waals surface area (Å²) in [7, 11) is 0. The largest absolute Gasteiger partial charge is 0.338 e. The predicted molar refractivity (Wildman–Crippen MR) is 87.4 cm³/mol. The molecule has 0 spiro atoms. The highest BCUT2D eigenvalue weighted by molar-refractivity contribution is 6.01. The summed E-state index contributed by atoms with van der Waals surface area (Å²) in [4.78, 5) is 39.0. The van der Waals surface area contributed by atoms with Gasteiger partial charge in [-0.1, -0.05) is 6.07 Å². The third-order valence-corrected chi connectivity index (χ3v) is 4.81. The van der Waals surface area contributed by atoms with Crippen molar-refractivity contribution in [3.63, 3.8) is 0 Å². The quantitative estimate of drug-likeness (QED) is 0.864. The topological polar surface area (TPSA) is 81.8 Å². The molecule has 0 aromatic heterocycles. The van der Waals surface area contributed by atoms with Crippen LogP contribution in [0.25, 0.3) is 0 Å². The van der Waals surface area contributed by atoms with Crippen LogP contribution in [0.5, 0.6) is 0 Å². The molecule has 126 valence electrons. The smallest absolute Gasteiger partial charge is 0.330 e. The van der Waals surface area contributed by atoms with Crippen LogP contribution in [0, 0.1) is 5.92 Å². The Labute approximate surface area is 140 Å². The molecule has 2 fully saturated rings. The second-order valence-electron chi connectivity index (χ2n) is 6.58. The Morgan fingerprint density at radius 2 is 2.00 bits per heavy atom. The SMILES string of the molecule is O=C(C1CC1)N1CCc2ccc(NC(=O)N3CCNC3=O)cc2C1. The number of nitrogens with zero attached hydrogens (tertiary/aromatic N) is 2. The Morgan fingerprint density at radius 3 is 2.71 bits per heavy atom. The number of carbonyl (C=O) groups is 3. The highest BCUT2D eigenvalue weighted by Crippen LogP contribution is 2.33. The summed E-state index contributed by atoms with van der Waals surface area (Å²) in [6.07, 6.45) is 2.86. The highest BCUT2D eigenvalue weighted by Gasteiger charge is 2.34. The Morgan fingerprint density at radius 1 is 1.17 bits per heavy atom. The van der Waals surface area contributed by atoms with Gasteiger partial charge < -0.3 is 15.5 Å². The third kappa shape index (κ3) is 2.81. The van der Waals surface area contributed by atoms with E-state index in [9.17, 15) is 14.4 Å². The van der Waals surface area contributed by atoms with Crippen LogP contribution in [0.15, 0.2) is 18.2 Å². The summed E-state index contributed by atoms with van der Waals surface area (Å²) in [5.74, 6) is 0.479. The number of hydrogen-bond donors (Lipinski definition) is 2. The maximum Gasteiger partial charge on any atom is 0.330 e. The van der Waals surface area contributed by atoms with Crippen LogP contribution in [-0.2, 0) is 17.8 Å². The van der Waals surface area contributed by atoms with Gasteiger partial charge in [0.2, 0.25) is 5.91 Å². The molecule has 24 heavy (non-hydrogen) atoms. The van der Waals surface area contributed by atoms with Gasteiger partial charge in [0.1, 0.15) is 0 Å². The van der Waals surface area contributed by atoms with Crippen LogP contribution in [0.4, 0.5) is 15.3 Å². The summed E-state index contributed by atoms with van der Waals surface area (Å²) >= 11 is 0. The summed E-state index contributed by atoms with van der Waals surface area (Å²) in [5, 5.41) is 5.37. The lowest BCUT2D eigenvalue weighted by molar-refractivity contribution is -0.133. The average molecular weight is 328 g/mol. The molecule has 0 radical (unpaired) electrons. The predicted octanol–water partition coefficient (Wildman–Crippen LogP) is 1.54. The summed E-state index contributed by atoms with van der Waals surface area (Å²) in [5.41, 5.74) is 2.94. The molecule has 7 heteroatoms. The molecule has 4 rings (SSSR count). The molecule has 1 aromatic rings. The van der Waals surface area contributed by atoms with E-state index in [1.165, 1.54) is 5.56 Å². The number of anilines is 1. The fourth-order valence-corrected chi connectivity index (χ4v) is 3.27. The molecular formula is C17H20N4O3. The minimum absolute atomic E-state index is 0.225. The van der Waals surface area contributed by atoms with Crippen LogP contribution in [0.3, 0.4) is 0 Å². The van der Waals surface area contributed by atoms with Crippen molar-refractivity contribution >= 4 is 23.7 Å². The zero-order valence-electron chi connectivity index (χ0n) is 13.4. The first-order valence-corrected chi connectivity index (χ1v) is 8.39. The Balaban J connectivity index is 1.46. The zero-order valence-corrected chi connectivity index (χ0v) is 13.4. The Bertz CT molecular complexity index is 714. The lowest BCUT2D eigenvalue weighted by Crippen LogP contribution is -2.38. The third-order valence-electron chi connectivity index (χ3n) is 4.81. The molecule has 0 unspecified atom stereocenters. The number of benzene rings is 1. The Kier molecular flexibility index (Phi) is 3.63. The van der Waals surface area contributed by atoms with Gasteiger partial charge in [-0.05, 0) is 42.5 Å². The monoisotopic (exact) mass is 328 g/mol. The van der Waals surface area contributed by atoms with E-state index in [1.54, 1.807) is 0 Å². The molecule has 1 aliphatic carbocycles. The first kappa shape index (κ1) is 15.0. The molecule has 5 amide bonds. The fraction of sp³-hybridized carbons (Fsp3) is 0.471. The molecule has 0 atom stereocenters. The zero-order chi connectivity index (χ0) is 16.7. The second kappa shape index (κ2) is 5.81. The van der Waals surface area contributed by atoms with Gasteiger partial charge in [-0.2, -0.15) is 0 Å². The molecule has 2 N–H and O–H groups in total. The van der Waals surface area contributed by atoms with E-state index in [0.717, 1.165) is 36.3 Å². The van der Waals surface area contributed by atoms with Crippen molar-refractivity contribution in [2.45, 2.75) is 25.8 Å². The Hall–Kier alpha value is -2.57. The van der Waals surface area contributed by atoms with E-state index in [2.05, 4.69) is 10.6 Å². The molecule has 2 heterocycles. The van der Waals surface area contributed by atoms with Gasteiger partial charge in [0.15, 0.2) is 0 Å². The van der Waals surface area contributed by atoms with Gasteiger partial charge in [-0.25, -0.2) is 14.5 Å². The minimum Gasteiger partial charge on any atom is -0.338 e. The number of nitrogens with one attached hydrogen (secondary N) is 2. The van der Waals surface area contributed by atoms with Crippen LogP contribution >= 0.6 is 0 Å². The van der Waals surface area contributed by atoms with Gasteiger partial charge in [0, 0.05) is 37.8 Å². The normalized spacial score (nSPS) is 19.8.